The number of aromatic nitrogens is 3. The third kappa shape index (κ3) is 6.43. The topological polar surface area (TPSA) is 51.8 Å². The van der Waals surface area contributed by atoms with Crippen molar-refractivity contribution in [3.05, 3.63) is 212 Å². The zero-order valence-electron chi connectivity index (χ0n) is 32.0. The van der Waals surface area contributed by atoms with E-state index >= 15 is 0 Å². The quantitative estimate of drug-likeness (QED) is 0.163. The molecule has 0 saturated carbocycles. The van der Waals surface area contributed by atoms with E-state index in [0.29, 0.717) is 11.7 Å². The van der Waals surface area contributed by atoms with Crippen LogP contribution in [0.4, 0.5) is 0 Å². The van der Waals surface area contributed by atoms with E-state index < -0.39 is 0 Å². The predicted molar refractivity (Wildman–Crippen MR) is 243 cm³/mol. The van der Waals surface area contributed by atoms with Crippen LogP contribution in [0.3, 0.4) is 0 Å². The van der Waals surface area contributed by atoms with Crippen LogP contribution in [0.2, 0.25) is 0 Å². The van der Waals surface area contributed by atoms with Gasteiger partial charge in [-0.2, -0.15) is 0 Å². The highest BCUT2D eigenvalue weighted by Gasteiger charge is 2.17. The van der Waals surface area contributed by atoms with E-state index in [9.17, 15) is 0 Å². The Hall–Kier alpha value is -7.95. The molecule has 0 unspecified atom stereocenters. The van der Waals surface area contributed by atoms with Crippen LogP contribution in [0, 0.1) is 0 Å². The van der Waals surface area contributed by atoms with Crippen molar-refractivity contribution < 1.29 is 4.42 Å². The zero-order valence-corrected chi connectivity index (χ0v) is 32.0. The molecule has 11 aromatic rings. The first-order valence-electron chi connectivity index (χ1n) is 19.8. The molecule has 0 bridgehead atoms. The van der Waals surface area contributed by atoms with Crippen molar-refractivity contribution in [1.82, 2.24) is 15.0 Å². The highest BCUT2D eigenvalue weighted by atomic mass is 16.3. The summed E-state index contributed by atoms with van der Waals surface area (Å²) in [5.74, 6) is 1.32. The van der Waals surface area contributed by atoms with E-state index in [1.165, 1.54) is 16.3 Å². The van der Waals surface area contributed by atoms with Crippen LogP contribution < -0.4 is 0 Å². The molecule has 0 spiro atoms. The molecule has 2 aromatic heterocycles. The summed E-state index contributed by atoms with van der Waals surface area (Å²) in [5, 5.41) is 4.66. The van der Waals surface area contributed by atoms with Crippen LogP contribution in [-0.2, 0) is 0 Å². The highest BCUT2D eigenvalue weighted by molar-refractivity contribution is 6.05. The van der Waals surface area contributed by atoms with Gasteiger partial charge in [-0.25, -0.2) is 15.0 Å². The summed E-state index contributed by atoms with van der Waals surface area (Å²) < 4.78 is 6.40. The first kappa shape index (κ1) is 34.3. The lowest BCUT2D eigenvalue weighted by atomic mass is 9.88. The lowest BCUT2D eigenvalue weighted by Crippen LogP contribution is -1.96. The van der Waals surface area contributed by atoms with Gasteiger partial charge in [-0.1, -0.05) is 182 Å². The second-order valence-electron chi connectivity index (χ2n) is 14.8. The Balaban J connectivity index is 0.978. The standard InChI is InChI=1S/C55H35N3O/c1-3-15-40(16-4-1)50-35-51(41-17-5-2-6-18-41)57-54(56-50)44-21-11-20-43(33-44)53-46-23-10-8-14-38(46)29-31-47(53)39-27-25-36(26-28-39)42-30-32-49-52(34-42)59-55(58-49)48-24-12-19-37-13-7-9-22-45(37)48/h1-35H. The number of fused-ring (bicyclic) bond motifs is 3. The molecule has 9 aromatic carbocycles. The Morgan fingerprint density at radius 2 is 0.898 bits per heavy atom. The minimum atomic E-state index is 0.629. The van der Waals surface area contributed by atoms with Gasteiger partial charge < -0.3 is 4.42 Å². The van der Waals surface area contributed by atoms with E-state index in [-0.39, 0.29) is 0 Å². The minimum absolute atomic E-state index is 0.629. The monoisotopic (exact) mass is 753 g/mol. The summed E-state index contributed by atoms with van der Waals surface area (Å²) in [6.07, 6.45) is 0. The van der Waals surface area contributed by atoms with Crippen molar-refractivity contribution in [1.29, 1.82) is 0 Å². The lowest BCUT2D eigenvalue weighted by Gasteiger charge is -2.16. The predicted octanol–water partition coefficient (Wildman–Crippen LogP) is 14.6. The average Bonchev–Trinajstić information content (AvgIpc) is 3.75. The number of benzene rings is 9. The van der Waals surface area contributed by atoms with Gasteiger partial charge in [0.2, 0.25) is 5.89 Å². The molecule has 59 heavy (non-hydrogen) atoms. The number of rotatable bonds is 7. The van der Waals surface area contributed by atoms with Gasteiger partial charge in [-0.05, 0) is 85.3 Å². The third-order valence-corrected chi connectivity index (χ3v) is 11.1. The van der Waals surface area contributed by atoms with Gasteiger partial charge in [0, 0.05) is 22.3 Å². The van der Waals surface area contributed by atoms with Gasteiger partial charge in [0.15, 0.2) is 11.4 Å². The van der Waals surface area contributed by atoms with E-state index in [0.717, 1.165) is 83.3 Å². The van der Waals surface area contributed by atoms with Crippen molar-refractivity contribution in [3.8, 4) is 78.7 Å². The van der Waals surface area contributed by atoms with Crippen molar-refractivity contribution in [2.24, 2.45) is 0 Å². The fraction of sp³-hybridized carbons (Fsp3) is 0. The minimum Gasteiger partial charge on any atom is -0.436 e. The molecule has 0 radical (unpaired) electrons. The Morgan fingerprint density at radius 1 is 0.322 bits per heavy atom. The van der Waals surface area contributed by atoms with Gasteiger partial charge in [-0.3, -0.25) is 0 Å². The molecule has 0 aliphatic heterocycles. The molecule has 0 aliphatic carbocycles. The van der Waals surface area contributed by atoms with E-state index in [2.05, 4.69) is 170 Å². The molecule has 2 heterocycles. The molecular weight excluding hydrogens is 719 g/mol. The van der Waals surface area contributed by atoms with Crippen molar-refractivity contribution in [3.63, 3.8) is 0 Å². The molecule has 4 heteroatoms. The second-order valence-corrected chi connectivity index (χ2v) is 14.8. The molecule has 0 aliphatic rings. The Bertz CT molecular complexity index is 3250. The Labute approximate surface area is 341 Å². The van der Waals surface area contributed by atoms with E-state index in [1.54, 1.807) is 0 Å². The fourth-order valence-corrected chi connectivity index (χ4v) is 8.20. The second kappa shape index (κ2) is 14.5. The molecule has 11 rings (SSSR count). The fourth-order valence-electron chi connectivity index (χ4n) is 8.20. The van der Waals surface area contributed by atoms with Crippen LogP contribution in [0.5, 0.6) is 0 Å². The van der Waals surface area contributed by atoms with Crippen molar-refractivity contribution in [2.75, 3.05) is 0 Å². The van der Waals surface area contributed by atoms with E-state index in [1.807, 2.05) is 42.5 Å². The summed E-state index contributed by atoms with van der Waals surface area (Å²) in [5.41, 5.74) is 14.2. The van der Waals surface area contributed by atoms with E-state index in [4.69, 9.17) is 19.4 Å². The Kier molecular flexibility index (Phi) is 8.45. The van der Waals surface area contributed by atoms with Gasteiger partial charge in [-0.15, -0.1) is 0 Å². The maximum Gasteiger partial charge on any atom is 0.227 e. The normalized spacial score (nSPS) is 11.4. The zero-order chi connectivity index (χ0) is 39.1. The molecule has 0 fully saturated rings. The third-order valence-electron chi connectivity index (χ3n) is 11.1. The van der Waals surface area contributed by atoms with Crippen molar-refractivity contribution in [2.45, 2.75) is 0 Å². The van der Waals surface area contributed by atoms with Crippen LogP contribution >= 0.6 is 0 Å². The summed E-state index contributed by atoms with van der Waals surface area (Å²) in [4.78, 5) is 15.2. The first-order valence-corrected chi connectivity index (χ1v) is 19.8. The van der Waals surface area contributed by atoms with Crippen LogP contribution in [0.1, 0.15) is 0 Å². The molecule has 0 saturated heterocycles. The number of hydrogen-bond donors (Lipinski definition) is 0. The number of oxazole rings is 1. The average molecular weight is 754 g/mol. The van der Waals surface area contributed by atoms with Crippen LogP contribution in [0.25, 0.3) is 111 Å². The summed E-state index contributed by atoms with van der Waals surface area (Å²) in [7, 11) is 0. The number of hydrogen-bond acceptors (Lipinski definition) is 4. The summed E-state index contributed by atoms with van der Waals surface area (Å²) in [6.45, 7) is 0. The molecule has 4 nitrogen and oxygen atoms in total. The summed E-state index contributed by atoms with van der Waals surface area (Å²) >= 11 is 0. The molecule has 0 N–H and O–H groups in total. The van der Waals surface area contributed by atoms with Crippen LogP contribution in [-0.4, -0.2) is 15.0 Å². The highest BCUT2D eigenvalue weighted by Crippen LogP contribution is 2.41. The SMILES string of the molecule is c1ccc(-c2cc(-c3ccccc3)nc(-c3cccc(-c4c(-c5ccc(-c6ccc7nc(-c8cccc9ccccc89)oc7c6)cc5)ccc5ccccc45)c3)n2)cc1. The smallest absolute Gasteiger partial charge is 0.227 e. The van der Waals surface area contributed by atoms with Crippen LogP contribution in [0.15, 0.2) is 217 Å². The summed E-state index contributed by atoms with van der Waals surface area (Å²) in [6, 6.07) is 74.1. The maximum atomic E-state index is 6.40. The molecule has 0 atom stereocenters. The molecule has 0 amide bonds. The first-order chi connectivity index (χ1) is 29.2. The van der Waals surface area contributed by atoms with Gasteiger partial charge >= 0.3 is 0 Å². The molecular formula is C55H35N3O. The lowest BCUT2D eigenvalue weighted by molar-refractivity contribution is 0.621. The van der Waals surface area contributed by atoms with Gasteiger partial charge in [0.1, 0.15) is 5.52 Å². The van der Waals surface area contributed by atoms with Crippen molar-refractivity contribution >= 4 is 32.6 Å². The molecule has 276 valence electrons. The Morgan fingerprint density at radius 3 is 1.64 bits per heavy atom. The largest absolute Gasteiger partial charge is 0.436 e. The van der Waals surface area contributed by atoms with Gasteiger partial charge in [0.05, 0.1) is 11.4 Å². The number of nitrogens with zero attached hydrogens (tertiary/aromatic N) is 3. The maximum absolute atomic E-state index is 6.40. The van der Waals surface area contributed by atoms with Gasteiger partial charge in [0.25, 0.3) is 0 Å².